The van der Waals surface area contributed by atoms with Gasteiger partial charge in [-0.05, 0) is 36.6 Å². The van der Waals surface area contributed by atoms with Crippen LogP contribution in [-0.4, -0.2) is 15.2 Å². The summed E-state index contributed by atoms with van der Waals surface area (Å²) in [4.78, 5) is 4.41. The van der Waals surface area contributed by atoms with E-state index in [1.54, 1.807) is 24.3 Å². The van der Waals surface area contributed by atoms with E-state index in [-0.39, 0.29) is 5.75 Å². The van der Waals surface area contributed by atoms with Gasteiger partial charge in [-0.25, -0.2) is 0 Å². The van der Waals surface area contributed by atoms with Crippen LogP contribution in [0.5, 0.6) is 5.75 Å². The Labute approximate surface area is 112 Å². The Balaban J connectivity index is 1.63. The third-order valence-electron chi connectivity index (χ3n) is 3.83. The number of aryl methyl sites for hydroxylation is 1. The van der Waals surface area contributed by atoms with Crippen LogP contribution in [0.4, 0.5) is 0 Å². The van der Waals surface area contributed by atoms with Gasteiger partial charge in [0.15, 0.2) is 0 Å². The second kappa shape index (κ2) is 5.43. The Kier molecular flexibility index (Phi) is 3.49. The number of hydrogen-bond acceptors (Lipinski definition) is 4. The number of aromatic hydroxyl groups is 1. The lowest BCUT2D eigenvalue weighted by Crippen LogP contribution is -1.96. The first-order valence-corrected chi connectivity index (χ1v) is 6.93. The molecule has 0 unspecified atom stereocenters. The molecular formula is C15H18N2O2. The third-order valence-corrected chi connectivity index (χ3v) is 3.83. The Hall–Kier alpha value is -1.84. The van der Waals surface area contributed by atoms with Crippen molar-refractivity contribution in [3.63, 3.8) is 0 Å². The van der Waals surface area contributed by atoms with Crippen molar-refractivity contribution in [1.82, 2.24) is 10.1 Å². The fourth-order valence-electron chi connectivity index (χ4n) is 2.71. The van der Waals surface area contributed by atoms with Gasteiger partial charge < -0.3 is 9.63 Å². The van der Waals surface area contributed by atoms with Gasteiger partial charge in [0.2, 0.25) is 11.7 Å². The van der Waals surface area contributed by atoms with Gasteiger partial charge in [-0.3, -0.25) is 0 Å². The molecule has 0 saturated heterocycles. The van der Waals surface area contributed by atoms with Crippen molar-refractivity contribution < 1.29 is 9.63 Å². The zero-order valence-corrected chi connectivity index (χ0v) is 10.9. The Morgan fingerprint density at radius 2 is 1.89 bits per heavy atom. The summed E-state index contributed by atoms with van der Waals surface area (Å²) in [6.07, 6.45) is 7.45. The van der Waals surface area contributed by atoms with Crippen LogP contribution in [-0.2, 0) is 6.42 Å². The predicted octanol–water partition coefficient (Wildman–Crippen LogP) is 3.57. The highest BCUT2D eigenvalue weighted by atomic mass is 16.5. The quantitative estimate of drug-likeness (QED) is 0.910. The van der Waals surface area contributed by atoms with Crippen molar-refractivity contribution in [2.45, 2.75) is 38.5 Å². The van der Waals surface area contributed by atoms with E-state index in [4.69, 9.17) is 4.52 Å². The Bertz CT molecular complexity index is 527. The van der Waals surface area contributed by atoms with E-state index in [2.05, 4.69) is 10.1 Å². The average molecular weight is 258 g/mol. The summed E-state index contributed by atoms with van der Waals surface area (Å²) >= 11 is 0. The van der Waals surface area contributed by atoms with E-state index in [1.807, 2.05) is 0 Å². The minimum atomic E-state index is 0.244. The van der Waals surface area contributed by atoms with Gasteiger partial charge in [0.25, 0.3) is 0 Å². The molecule has 1 saturated carbocycles. The largest absolute Gasteiger partial charge is 0.508 e. The molecule has 0 radical (unpaired) electrons. The summed E-state index contributed by atoms with van der Waals surface area (Å²) in [5.74, 6) is 2.40. The maximum absolute atomic E-state index is 9.25. The lowest BCUT2D eigenvalue weighted by molar-refractivity contribution is 0.362. The number of nitrogens with zero attached hydrogens (tertiary/aromatic N) is 2. The van der Waals surface area contributed by atoms with E-state index in [0.29, 0.717) is 5.82 Å². The second-order valence-corrected chi connectivity index (χ2v) is 5.25. The zero-order valence-electron chi connectivity index (χ0n) is 10.9. The van der Waals surface area contributed by atoms with Gasteiger partial charge in [0.1, 0.15) is 5.75 Å². The smallest absolute Gasteiger partial charge is 0.226 e. The lowest BCUT2D eigenvalue weighted by Gasteiger charge is -2.04. The molecule has 1 N–H and O–H groups in total. The van der Waals surface area contributed by atoms with Gasteiger partial charge in [-0.2, -0.15) is 4.98 Å². The Morgan fingerprint density at radius 3 is 2.63 bits per heavy atom. The van der Waals surface area contributed by atoms with Crippen molar-refractivity contribution in [2.24, 2.45) is 5.92 Å². The van der Waals surface area contributed by atoms with E-state index in [0.717, 1.165) is 30.2 Å². The van der Waals surface area contributed by atoms with E-state index in [9.17, 15) is 5.11 Å². The normalized spacial score (nSPS) is 16.0. The first-order chi connectivity index (χ1) is 9.31. The van der Waals surface area contributed by atoms with Crippen molar-refractivity contribution in [3.05, 3.63) is 30.2 Å². The van der Waals surface area contributed by atoms with Crippen LogP contribution in [0.3, 0.4) is 0 Å². The SMILES string of the molecule is Oc1ccc(-c2noc(CCC3CCCC3)n2)cc1. The number of phenolic OH excluding ortho intramolecular Hbond substituents is 1. The number of phenols is 1. The molecule has 0 atom stereocenters. The third kappa shape index (κ3) is 2.95. The highest BCUT2D eigenvalue weighted by Gasteiger charge is 2.16. The molecule has 1 aliphatic rings. The number of rotatable bonds is 4. The van der Waals surface area contributed by atoms with Gasteiger partial charge >= 0.3 is 0 Å². The fraction of sp³-hybridized carbons (Fsp3) is 0.467. The van der Waals surface area contributed by atoms with Crippen molar-refractivity contribution >= 4 is 0 Å². The maximum Gasteiger partial charge on any atom is 0.226 e. The maximum atomic E-state index is 9.25. The van der Waals surface area contributed by atoms with Crippen molar-refractivity contribution in [2.75, 3.05) is 0 Å². The summed E-state index contributed by atoms with van der Waals surface area (Å²) in [6, 6.07) is 6.84. The first-order valence-electron chi connectivity index (χ1n) is 6.93. The van der Waals surface area contributed by atoms with Crippen molar-refractivity contribution in [1.29, 1.82) is 0 Å². The minimum absolute atomic E-state index is 0.244. The monoisotopic (exact) mass is 258 g/mol. The van der Waals surface area contributed by atoms with Gasteiger partial charge in [0, 0.05) is 12.0 Å². The van der Waals surface area contributed by atoms with Crippen LogP contribution < -0.4 is 0 Å². The van der Waals surface area contributed by atoms with Crippen LogP contribution >= 0.6 is 0 Å². The summed E-state index contributed by atoms with van der Waals surface area (Å²) in [5, 5.41) is 13.2. The topological polar surface area (TPSA) is 59.2 Å². The first kappa shape index (κ1) is 12.2. The molecular weight excluding hydrogens is 240 g/mol. The zero-order chi connectivity index (χ0) is 13.1. The van der Waals surface area contributed by atoms with E-state index >= 15 is 0 Å². The summed E-state index contributed by atoms with van der Waals surface area (Å²) in [7, 11) is 0. The number of hydrogen-bond donors (Lipinski definition) is 1. The second-order valence-electron chi connectivity index (χ2n) is 5.25. The van der Waals surface area contributed by atoms with Crippen LogP contribution in [0.15, 0.2) is 28.8 Å². The summed E-state index contributed by atoms with van der Waals surface area (Å²) in [5.41, 5.74) is 0.869. The molecule has 1 aromatic heterocycles. The van der Waals surface area contributed by atoms with Crippen LogP contribution in [0.25, 0.3) is 11.4 Å². The molecule has 1 aliphatic carbocycles. The highest BCUT2D eigenvalue weighted by molar-refractivity contribution is 5.55. The standard InChI is InChI=1S/C15H18N2O2/c18-13-8-6-12(7-9-13)15-16-14(19-17-15)10-5-11-3-1-2-4-11/h6-9,11,18H,1-5,10H2. The van der Waals surface area contributed by atoms with Gasteiger partial charge in [0.05, 0.1) is 0 Å². The van der Waals surface area contributed by atoms with Gasteiger partial charge in [-0.15, -0.1) is 0 Å². The molecule has 1 heterocycles. The van der Waals surface area contributed by atoms with Gasteiger partial charge in [-0.1, -0.05) is 30.8 Å². The molecule has 4 heteroatoms. The van der Waals surface area contributed by atoms with Crippen LogP contribution in [0, 0.1) is 5.92 Å². The van der Waals surface area contributed by atoms with Crippen LogP contribution in [0.2, 0.25) is 0 Å². The minimum Gasteiger partial charge on any atom is -0.508 e. The van der Waals surface area contributed by atoms with Crippen molar-refractivity contribution in [3.8, 4) is 17.1 Å². The molecule has 19 heavy (non-hydrogen) atoms. The van der Waals surface area contributed by atoms with Crippen LogP contribution in [0.1, 0.15) is 38.0 Å². The molecule has 0 aliphatic heterocycles. The summed E-state index contributed by atoms with van der Waals surface area (Å²) < 4.78 is 5.29. The molecule has 100 valence electrons. The number of aromatic nitrogens is 2. The molecule has 0 spiro atoms. The molecule has 0 bridgehead atoms. The highest BCUT2D eigenvalue weighted by Crippen LogP contribution is 2.28. The van der Waals surface area contributed by atoms with E-state index < -0.39 is 0 Å². The van der Waals surface area contributed by atoms with E-state index in [1.165, 1.54) is 25.7 Å². The molecule has 3 rings (SSSR count). The number of benzene rings is 1. The predicted molar refractivity (Wildman–Crippen MR) is 71.7 cm³/mol. The molecule has 0 amide bonds. The molecule has 1 aromatic carbocycles. The Morgan fingerprint density at radius 1 is 1.16 bits per heavy atom. The molecule has 1 fully saturated rings. The molecule has 2 aromatic rings. The fourth-order valence-corrected chi connectivity index (χ4v) is 2.71. The molecule has 4 nitrogen and oxygen atoms in total. The average Bonchev–Trinajstić information content (AvgIpc) is 3.09. The summed E-state index contributed by atoms with van der Waals surface area (Å²) in [6.45, 7) is 0. The lowest BCUT2D eigenvalue weighted by atomic mass is 10.0.